The highest BCUT2D eigenvalue weighted by molar-refractivity contribution is 7.11. The quantitative estimate of drug-likeness (QED) is 0.635. The fourth-order valence-corrected chi connectivity index (χ4v) is 2.57. The Morgan fingerprint density at radius 3 is 2.79 bits per heavy atom. The molecule has 1 saturated heterocycles. The number of thiophene rings is 1. The van der Waals surface area contributed by atoms with Crippen molar-refractivity contribution in [2.75, 3.05) is 0 Å². The van der Waals surface area contributed by atoms with Crippen LogP contribution in [0.4, 0.5) is 4.79 Å². The van der Waals surface area contributed by atoms with Crippen molar-refractivity contribution in [1.82, 2.24) is 10.6 Å². The van der Waals surface area contributed by atoms with E-state index >= 15 is 0 Å². The number of hydrogen-bond acceptors (Lipinski definition) is 5. The second kappa shape index (κ2) is 5.19. The first kappa shape index (κ1) is 13.2. The lowest BCUT2D eigenvalue weighted by atomic mass is 10.1. The molecule has 1 aromatic heterocycles. The van der Waals surface area contributed by atoms with Gasteiger partial charge in [0.2, 0.25) is 0 Å². The monoisotopic (exact) mass is 281 g/mol. The Morgan fingerprint density at radius 2 is 2.21 bits per heavy atom. The minimum absolute atomic E-state index is 0.703. The van der Waals surface area contributed by atoms with Crippen LogP contribution in [0.1, 0.15) is 10.4 Å². The molecule has 0 aromatic carbocycles. The number of nitrogens with zero attached hydrogens (tertiary/aromatic N) is 1. The molecule has 1 aliphatic heterocycles. The van der Waals surface area contributed by atoms with Crippen molar-refractivity contribution < 1.29 is 14.5 Å². The molecule has 3 amide bonds. The minimum Gasteiger partial charge on any atom is -0.324 e. The zero-order chi connectivity index (χ0) is 14.0. The number of carbonyl (C=O) groups excluding carboxylic acids is 2. The molecule has 1 aromatic rings. The van der Waals surface area contributed by atoms with Gasteiger partial charge in [-0.15, -0.1) is 11.3 Å². The van der Waals surface area contributed by atoms with Gasteiger partial charge in [0.25, 0.3) is 0 Å². The molecule has 2 atom stereocenters. The summed E-state index contributed by atoms with van der Waals surface area (Å²) in [7, 11) is 0. The maximum Gasteiger partial charge on any atom is 0.322 e. The van der Waals surface area contributed by atoms with Gasteiger partial charge >= 0.3 is 18.0 Å². The molecule has 1 fully saturated rings. The minimum atomic E-state index is -1.51. The number of rotatable bonds is 3. The Labute approximate surface area is 112 Å². The smallest absolute Gasteiger partial charge is 0.322 e. The Morgan fingerprint density at radius 1 is 1.47 bits per heavy atom. The van der Waals surface area contributed by atoms with Crippen LogP contribution in [0.15, 0.2) is 17.5 Å². The maximum absolute atomic E-state index is 11.4. The number of aryl methyl sites for hydroxylation is 1. The highest BCUT2D eigenvalue weighted by atomic mass is 32.1. The molecule has 2 unspecified atom stereocenters. The van der Waals surface area contributed by atoms with Crippen LogP contribution in [-0.2, 0) is 4.79 Å². The zero-order valence-electron chi connectivity index (χ0n) is 9.95. The van der Waals surface area contributed by atoms with Crippen LogP contribution in [0.3, 0.4) is 0 Å². The summed E-state index contributed by atoms with van der Waals surface area (Å²) < 4.78 is 0. The third kappa shape index (κ3) is 2.79. The van der Waals surface area contributed by atoms with Crippen molar-refractivity contribution in [3.8, 4) is 0 Å². The molecule has 19 heavy (non-hydrogen) atoms. The van der Waals surface area contributed by atoms with Gasteiger partial charge in [-0.3, -0.25) is 20.2 Å². The molecule has 2 rings (SSSR count). The van der Waals surface area contributed by atoms with Gasteiger partial charge in [0.05, 0.1) is 0 Å². The fraction of sp³-hybridized carbons (Fsp3) is 0.273. The predicted molar refractivity (Wildman–Crippen MR) is 69.3 cm³/mol. The lowest BCUT2D eigenvalue weighted by Crippen LogP contribution is -2.62. The lowest BCUT2D eigenvalue weighted by Gasteiger charge is -2.23. The third-order valence-corrected chi connectivity index (χ3v) is 3.71. The van der Waals surface area contributed by atoms with E-state index in [2.05, 4.69) is 5.32 Å². The first-order valence-electron chi connectivity index (χ1n) is 5.46. The van der Waals surface area contributed by atoms with E-state index in [0.717, 1.165) is 10.4 Å². The molecule has 100 valence electrons. The van der Waals surface area contributed by atoms with Gasteiger partial charge in [-0.1, -0.05) is 6.08 Å². The summed E-state index contributed by atoms with van der Waals surface area (Å²) in [6.07, 6.45) is 3.16. The zero-order valence-corrected chi connectivity index (χ0v) is 10.8. The number of imide groups is 1. The van der Waals surface area contributed by atoms with Crippen molar-refractivity contribution in [3.63, 3.8) is 0 Å². The van der Waals surface area contributed by atoms with Gasteiger partial charge in [0.1, 0.15) is 6.04 Å². The Hall–Kier alpha value is -2.22. The summed E-state index contributed by atoms with van der Waals surface area (Å²) in [5.41, 5.74) is 1.03. The van der Waals surface area contributed by atoms with Crippen LogP contribution in [0.2, 0.25) is 0 Å². The van der Waals surface area contributed by atoms with Crippen molar-refractivity contribution in [2.45, 2.75) is 19.0 Å². The van der Waals surface area contributed by atoms with Crippen LogP contribution >= 0.6 is 11.3 Å². The highest BCUT2D eigenvalue weighted by Crippen LogP contribution is 2.18. The fourth-order valence-electron chi connectivity index (χ4n) is 1.74. The molecule has 0 aliphatic carbocycles. The van der Waals surface area contributed by atoms with Gasteiger partial charge in [0, 0.05) is 9.80 Å². The molecule has 0 saturated carbocycles. The first-order valence-corrected chi connectivity index (χ1v) is 6.34. The standard InChI is InChI=1S/C11H11N3O4S/c1-6-4-5-19-8(6)3-2-7-9(14(17)18)10(15)13-11(16)12-7/h2-5,7,9H,1H3,(H2,12,13,15,16)/b3-2+. The number of hydrogen-bond donors (Lipinski definition) is 2. The molecule has 0 bridgehead atoms. The summed E-state index contributed by atoms with van der Waals surface area (Å²) in [6.45, 7) is 1.91. The van der Waals surface area contributed by atoms with Crippen molar-refractivity contribution >= 4 is 29.4 Å². The predicted octanol–water partition coefficient (Wildman–Crippen LogP) is 0.923. The van der Waals surface area contributed by atoms with Crippen molar-refractivity contribution in [3.05, 3.63) is 38.1 Å². The first-order chi connectivity index (χ1) is 8.99. The van der Waals surface area contributed by atoms with Crippen LogP contribution in [-0.4, -0.2) is 28.9 Å². The van der Waals surface area contributed by atoms with Gasteiger partial charge < -0.3 is 5.32 Å². The van der Waals surface area contributed by atoms with E-state index in [1.165, 1.54) is 17.4 Å². The number of nitrogens with one attached hydrogen (secondary N) is 2. The Bertz CT molecular complexity index is 566. The molecule has 8 heteroatoms. The third-order valence-electron chi connectivity index (χ3n) is 2.73. The van der Waals surface area contributed by atoms with Crippen LogP contribution in [0.5, 0.6) is 0 Å². The maximum atomic E-state index is 11.4. The molecule has 1 aliphatic rings. The number of urea groups is 1. The Balaban J connectivity index is 2.22. The molecule has 2 heterocycles. The van der Waals surface area contributed by atoms with Crippen molar-refractivity contribution in [1.29, 1.82) is 0 Å². The number of amides is 3. The lowest BCUT2D eigenvalue weighted by molar-refractivity contribution is -0.510. The Kier molecular flexibility index (Phi) is 3.61. The average Bonchev–Trinajstić information content (AvgIpc) is 2.70. The highest BCUT2D eigenvalue weighted by Gasteiger charge is 2.43. The molecular formula is C11H11N3O4S. The summed E-state index contributed by atoms with van der Waals surface area (Å²) in [5, 5.41) is 17.0. The molecule has 7 nitrogen and oxygen atoms in total. The second-order valence-electron chi connectivity index (χ2n) is 4.05. The molecule has 2 N–H and O–H groups in total. The SMILES string of the molecule is Cc1ccsc1/C=C/C1NC(=O)NC(=O)C1[N+](=O)[O-]. The largest absolute Gasteiger partial charge is 0.324 e. The van der Waals surface area contributed by atoms with E-state index in [-0.39, 0.29) is 0 Å². The number of nitro groups is 1. The van der Waals surface area contributed by atoms with Gasteiger partial charge in [-0.25, -0.2) is 4.79 Å². The normalized spacial score (nSPS) is 23.2. The summed E-state index contributed by atoms with van der Waals surface area (Å²) >= 11 is 1.48. The molecule has 0 spiro atoms. The molecular weight excluding hydrogens is 270 g/mol. The second-order valence-corrected chi connectivity index (χ2v) is 4.99. The summed E-state index contributed by atoms with van der Waals surface area (Å²) in [6, 6.07) is -1.26. The van der Waals surface area contributed by atoms with E-state index in [4.69, 9.17) is 0 Å². The van der Waals surface area contributed by atoms with Crippen LogP contribution in [0, 0.1) is 17.0 Å². The van der Waals surface area contributed by atoms with E-state index in [1.54, 1.807) is 6.08 Å². The number of carbonyl (C=O) groups is 2. The van der Waals surface area contributed by atoms with E-state index in [0.29, 0.717) is 0 Å². The van der Waals surface area contributed by atoms with Gasteiger partial charge in [-0.2, -0.15) is 0 Å². The van der Waals surface area contributed by atoms with Crippen molar-refractivity contribution in [2.24, 2.45) is 0 Å². The molecule has 0 radical (unpaired) electrons. The van der Waals surface area contributed by atoms with Gasteiger partial charge in [0.15, 0.2) is 0 Å². The van der Waals surface area contributed by atoms with Crippen LogP contribution in [0.25, 0.3) is 6.08 Å². The van der Waals surface area contributed by atoms with E-state index < -0.39 is 28.9 Å². The van der Waals surface area contributed by atoms with E-state index in [9.17, 15) is 19.7 Å². The average molecular weight is 281 g/mol. The van der Waals surface area contributed by atoms with Gasteiger partial charge in [-0.05, 0) is 30.0 Å². The van der Waals surface area contributed by atoms with E-state index in [1.807, 2.05) is 23.7 Å². The van der Waals surface area contributed by atoms with Crippen LogP contribution < -0.4 is 10.6 Å². The topological polar surface area (TPSA) is 101 Å². The summed E-state index contributed by atoms with van der Waals surface area (Å²) in [4.78, 5) is 33.7. The summed E-state index contributed by atoms with van der Waals surface area (Å²) in [5.74, 6) is -0.897.